The third kappa shape index (κ3) is 4.05. The van der Waals surface area contributed by atoms with Crippen molar-refractivity contribution in [2.75, 3.05) is 11.9 Å². The molecule has 1 amide bonds. The molecule has 5 nitrogen and oxygen atoms in total. The van der Waals surface area contributed by atoms with E-state index < -0.39 is 0 Å². The number of rotatable bonds is 5. The molecule has 0 saturated heterocycles. The zero-order valence-corrected chi connectivity index (χ0v) is 11.6. The van der Waals surface area contributed by atoms with Gasteiger partial charge in [0, 0.05) is 12.2 Å². The largest absolute Gasteiger partial charge is 0.350 e. The molecule has 0 aliphatic heterocycles. The summed E-state index contributed by atoms with van der Waals surface area (Å²) in [5, 5.41) is 13.8. The van der Waals surface area contributed by atoms with Crippen LogP contribution in [0.1, 0.15) is 24.3 Å². The molecular formula is C15H18N4O. The van der Waals surface area contributed by atoms with Gasteiger partial charge in [-0.1, -0.05) is 32.0 Å². The van der Waals surface area contributed by atoms with Gasteiger partial charge in [-0.3, -0.25) is 4.79 Å². The number of carbonyl (C=O) groups excluding carboxylic acids is 1. The molecule has 0 atom stereocenters. The maximum atomic E-state index is 11.8. The molecule has 0 fully saturated rings. The Balaban J connectivity index is 1.97. The number of nitrogens with one attached hydrogen (secondary N) is 2. The molecule has 1 aromatic carbocycles. The number of anilines is 2. The van der Waals surface area contributed by atoms with Gasteiger partial charge in [0.15, 0.2) is 11.5 Å². The fourth-order valence-electron chi connectivity index (χ4n) is 1.58. The van der Waals surface area contributed by atoms with Crippen LogP contribution in [0, 0.1) is 5.92 Å². The van der Waals surface area contributed by atoms with Crippen molar-refractivity contribution in [1.82, 2.24) is 15.5 Å². The third-order valence-corrected chi connectivity index (χ3v) is 2.61. The van der Waals surface area contributed by atoms with E-state index in [4.69, 9.17) is 0 Å². The molecule has 1 aromatic heterocycles. The second-order valence-electron chi connectivity index (χ2n) is 4.90. The first kappa shape index (κ1) is 14.0. The molecular weight excluding hydrogens is 252 g/mol. The van der Waals surface area contributed by atoms with Crippen molar-refractivity contribution in [3.8, 4) is 0 Å². The van der Waals surface area contributed by atoms with Crippen LogP contribution in [0.25, 0.3) is 0 Å². The van der Waals surface area contributed by atoms with Crippen molar-refractivity contribution < 1.29 is 4.79 Å². The minimum absolute atomic E-state index is 0.197. The smallest absolute Gasteiger partial charge is 0.271 e. The lowest BCUT2D eigenvalue weighted by molar-refractivity contribution is 0.0943. The number of para-hydroxylation sites is 1. The topological polar surface area (TPSA) is 66.9 Å². The molecule has 2 rings (SSSR count). The summed E-state index contributed by atoms with van der Waals surface area (Å²) >= 11 is 0. The molecule has 0 unspecified atom stereocenters. The molecule has 0 saturated carbocycles. The van der Waals surface area contributed by atoms with E-state index in [1.807, 2.05) is 44.2 Å². The second kappa shape index (κ2) is 6.65. The molecule has 0 aliphatic rings. The summed E-state index contributed by atoms with van der Waals surface area (Å²) in [7, 11) is 0. The molecule has 2 N–H and O–H groups in total. The predicted molar refractivity (Wildman–Crippen MR) is 78.9 cm³/mol. The average Bonchev–Trinajstić information content (AvgIpc) is 2.46. The Morgan fingerprint density at radius 3 is 2.45 bits per heavy atom. The number of nitrogens with zero attached hydrogens (tertiary/aromatic N) is 2. The number of hydrogen-bond donors (Lipinski definition) is 2. The molecule has 0 radical (unpaired) electrons. The number of hydrogen-bond acceptors (Lipinski definition) is 4. The Morgan fingerprint density at radius 1 is 1.10 bits per heavy atom. The van der Waals surface area contributed by atoms with E-state index >= 15 is 0 Å². The molecule has 1 heterocycles. The van der Waals surface area contributed by atoms with Crippen molar-refractivity contribution >= 4 is 17.4 Å². The van der Waals surface area contributed by atoms with E-state index in [0.29, 0.717) is 24.0 Å². The summed E-state index contributed by atoms with van der Waals surface area (Å²) in [6, 6.07) is 13.1. The first-order valence-electron chi connectivity index (χ1n) is 6.59. The van der Waals surface area contributed by atoms with Crippen molar-refractivity contribution in [3.05, 3.63) is 48.2 Å². The number of benzene rings is 1. The molecule has 104 valence electrons. The zero-order valence-electron chi connectivity index (χ0n) is 11.6. The first-order valence-corrected chi connectivity index (χ1v) is 6.59. The highest BCUT2D eigenvalue weighted by molar-refractivity contribution is 5.92. The van der Waals surface area contributed by atoms with Gasteiger partial charge in [-0.15, -0.1) is 10.2 Å². The van der Waals surface area contributed by atoms with E-state index in [2.05, 4.69) is 20.8 Å². The molecule has 2 aromatic rings. The fraction of sp³-hybridized carbons (Fsp3) is 0.267. The standard InChI is InChI=1S/C15H18N4O/c1-11(2)10-16-15(20)13-8-9-14(19-18-13)17-12-6-4-3-5-7-12/h3-9,11H,10H2,1-2H3,(H,16,20)(H,17,19). The van der Waals surface area contributed by atoms with E-state index in [1.165, 1.54) is 0 Å². The minimum atomic E-state index is -0.197. The maximum Gasteiger partial charge on any atom is 0.271 e. The van der Waals surface area contributed by atoms with E-state index in [-0.39, 0.29) is 5.91 Å². The second-order valence-corrected chi connectivity index (χ2v) is 4.90. The first-order chi connectivity index (χ1) is 9.65. The van der Waals surface area contributed by atoms with E-state index in [0.717, 1.165) is 5.69 Å². The van der Waals surface area contributed by atoms with Crippen molar-refractivity contribution in [2.24, 2.45) is 5.92 Å². The van der Waals surface area contributed by atoms with Gasteiger partial charge in [-0.2, -0.15) is 0 Å². The van der Waals surface area contributed by atoms with Crippen LogP contribution in [0.3, 0.4) is 0 Å². The van der Waals surface area contributed by atoms with Crippen LogP contribution in [0.2, 0.25) is 0 Å². The number of amides is 1. The summed E-state index contributed by atoms with van der Waals surface area (Å²) in [6.07, 6.45) is 0. The highest BCUT2D eigenvalue weighted by atomic mass is 16.1. The van der Waals surface area contributed by atoms with Crippen LogP contribution >= 0.6 is 0 Å². The van der Waals surface area contributed by atoms with Crippen LogP contribution in [0.5, 0.6) is 0 Å². The van der Waals surface area contributed by atoms with Gasteiger partial charge in [-0.05, 0) is 30.2 Å². The lowest BCUT2D eigenvalue weighted by atomic mass is 10.2. The Hall–Kier alpha value is -2.43. The minimum Gasteiger partial charge on any atom is -0.350 e. The SMILES string of the molecule is CC(C)CNC(=O)c1ccc(Nc2ccccc2)nn1. The Kier molecular flexibility index (Phi) is 4.65. The normalized spacial score (nSPS) is 10.3. The fourth-order valence-corrected chi connectivity index (χ4v) is 1.58. The molecule has 20 heavy (non-hydrogen) atoms. The van der Waals surface area contributed by atoms with Gasteiger partial charge in [0.05, 0.1) is 0 Å². The Bertz CT molecular complexity index is 552. The van der Waals surface area contributed by atoms with Crippen LogP contribution in [0.4, 0.5) is 11.5 Å². The van der Waals surface area contributed by atoms with Crippen LogP contribution < -0.4 is 10.6 Å². The van der Waals surface area contributed by atoms with Crippen LogP contribution in [-0.2, 0) is 0 Å². The molecule has 0 bridgehead atoms. The Morgan fingerprint density at radius 2 is 1.85 bits per heavy atom. The highest BCUT2D eigenvalue weighted by Gasteiger charge is 2.08. The van der Waals surface area contributed by atoms with Crippen molar-refractivity contribution in [1.29, 1.82) is 0 Å². The predicted octanol–water partition coefficient (Wildman–Crippen LogP) is 2.61. The zero-order chi connectivity index (χ0) is 14.4. The van der Waals surface area contributed by atoms with Crippen LogP contribution in [-0.4, -0.2) is 22.6 Å². The van der Waals surface area contributed by atoms with Gasteiger partial charge < -0.3 is 10.6 Å². The van der Waals surface area contributed by atoms with Gasteiger partial charge in [0.1, 0.15) is 0 Å². The summed E-state index contributed by atoms with van der Waals surface area (Å²) in [5.74, 6) is 0.819. The van der Waals surface area contributed by atoms with Crippen LogP contribution in [0.15, 0.2) is 42.5 Å². The van der Waals surface area contributed by atoms with Crippen molar-refractivity contribution in [3.63, 3.8) is 0 Å². The lowest BCUT2D eigenvalue weighted by Crippen LogP contribution is -2.28. The van der Waals surface area contributed by atoms with Gasteiger partial charge in [-0.25, -0.2) is 0 Å². The Labute approximate surface area is 118 Å². The van der Waals surface area contributed by atoms with Gasteiger partial charge in [0.2, 0.25) is 0 Å². The molecule has 0 spiro atoms. The average molecular weight is 270 g/mol. The quantitative estimate of drug-likeness (QED) is 0.876. The van der Waals surface area contributed by atoms with E-state index in [1.54, 1.807) is 12.1 Å². The number of carbonyl (C=O) groups is 1. The summed E-state index contributed by atoms with van der Waals surface area (Å²) in [4.78, 5) is 11.8. The number of aromatic nitrogens is 2. The van der Waals surface area contributed by atoms with Gasteiger partial charge >= 0.3 is 0 Å². The maximum absolute atomic E-state index is 11.8. The monoisotopic (exact) mass is 270 g/mol. The summed E-state index contributed by atoms with van der Waals surface area (Å²) in [6.45, 7) is 4.71. The summed E-state index contributed by atoms with van der Waals surface area (Å²) < 4.78 is 0. The van der Waals surface area contributed by atoms with Crippen molar-refractivity contribution in [2.45, 2.75) is 13.8 Å². The lowest BCUT2D eigenvalue weighted by Gasteiger charge is -2.07. The molecule has 5 heteroatoms. The van der Waals surface area contributed by atoms with E-state index in [9.17, 15) is 4.79 Å². The molecule has 0 aliphatic carbocycles. The highest BCUT2D eigenvalue weighted by Crippen LogP contribution is 2.12. The summed E-state index contributed by atoms with van der Waals surface area (Å²) in [5.41, 5.74) is 1.25. The third-order valence-electron chi connectivity index (χ3n) is 2.61. The van der Waals surface area contributed by atoms with Gasteiger partial charge in [0.25, 0.3) is 5.91 Å².